The number of hydrogen-bond acceptors (Lipinski definition) is 17. The molecular formula is C34H58O17. The fourth-order valence-corrected chi connectivity index (χ4v) is 7.72. The molecule has 5 heterocycles. The van der Waals surface area contributed by atoms with Crippen LogP contribution in [0.3, 0.4) is 0 Å². The summed E-state index contributed by atoms with van der Waals surface area (Å²) >= 11 is 0. The molecule has 0 bridgehead atoms. The van der Waals surface area contributed by atoms with Crippen LogP contribution in [-0.4, -0.2) is 173 Å². The van der Waals surface area contributed by atoms with Crippen molar-refractivity contribution in [3.63, 3.8) is 0 Å². The van der Waals surface area contributed by atoms with E-state index >= 15 is 0 Å². The van der Waals surface area contributed by atoms with Crippen molar-refractivity contribution < 1.29 is 81.7 Å². The quantitative estimate of drug-likeness (QED) is 0.229. The highest BCUT2D eigenvalue weighted by Crippen LogP contribution is 2.35. The van der Waals surface area contributed by atoms with Gasteiger partial charge in [0.05, 0.1) is 55.3 Å². The first-order chi connectivity index (χ1) is 24.3. The lowest BCUT2D eigenvalue weighted by Crippen LogP contribution is -2.61. The highest BCUT2D eigenvalue weighted by Gasteiger charge is 2.50. The second kappa shape index (κ2) is 18.0. The third kappa shape index (κ3) is 9.40. The minimum Gasteiger partial charge on any atom is -0.460 e. The predicted molar refractivity (Wildman–Crippen MR) is 172 cm³/mol. The summed E-state index contributed by atoms with van der Waals surface area (Å²) in [6.45, 7) is 8.88. The van der Waals surface area contributed by atoms with Crippen LogP contribution in [0.4, 0.5) is 0 Å². The Morgan fingerprint density at radius 2 is 0.980 bits per heavy atom. The Bertz CT molecular complexity index is 1090. The molecular weight excluding hydrogens is 680 g/mol. The van der Waals surface area contributed by atoms with Gasteiger partial charge in [-0.3, -0.25) is 4.79 Å². The molecule has 0 radical (unpaired) electrons. The van der Waals surface area contributed by atoms with Gasteiger partial charge in [0.15, 0.2) is 25.2 Å². The van der Waals surface area contributed by atoms with Crippen LogP contribution in [0.25, 0.3) is 0 Å². The highest BCUT2D eigenvalue weighted by atomic mass is 16.8. The smallest absolute Gasteiger partial charge is 0.308 e. The van der Waals surface area contributed by atoms with Gasteiger partial charge >= 0.3 is 5.97 Å². The molecule has 0 amide bonds. The molecule has 3 N–H and O–H groups in total. The molecule has 0 saturated carbocycles. The lowest BCUT2D eigenvalue weighted by Gasteiger charge is -2.47. The molecule has 5 aliphatic heterocycles. The molecule has 0 unspecified atom stereocenters. The molecule has 296 valence electrons. The summed E-state index contributed by atoms with van der Waals surface area (Å²) < 4.78 is 77.1. The number of aliphatic hydroxyl groups is 3. The van der Waals surface area contributed by atoms with Gasteiger partial charge in [0.1, 0.15) is 48.8 Å². The average Bonchev–Trinajstić information content (AvgIpc) is 3.08. The van der Waals surface area contributed by atoms with E-state index in [0.717, 1.165) is 0 Å². The molecule has 51 heavy (non-hydrogen) atoms. The van der Waals surface area contributed by atoms with Crippen molar-refractivity contribution in [1.29, 1.82) is 0 Å². The van der Waals surface area contributed by atoms with Crippen molar-refractivity contribution in [2.24, 2.45) is 0 Å². The zero-order valence-corrected chi connectivity index (χ0v) is 30.9. The Morgan fingerprint density at radius 1 is 0.510 bits per heavy atom. The topological polar surface area (TPSA) is 198 Å². The Hall–Kier alpha value is -1.13. The van der Waals surface area contributed by atoms with E-state index in [1.165, 1.54) is 14.2 Å². The second-order valence-electron chi connectivity index (χ2n) is 14.1. The molecule has 5 fully saturated rings. The number of rotatable bonds is 12. The molecule has 17 heteroatoms. The number of esters is 1. The summed E-state index contributed by atoms with van der Waals surface area (Å²) in [5.41, 5.74) is 0. The van der Waals surface area contributed by atoms with Gasteiger partial charge in [-0.15, -0.1) is 0 Å². The van der Waals surface area contributed by atoms with Gasteiger partial charge in [-0.25, -0.2) is 0 Å². The summed E-state index contributed by atoms with van der Waals surface area (Å²) in [7, 11) is 6.07. The number of carbonyl (C=O) groups is 1. The van der Waals surface area contributed by atoms with E-state index < -0.39 is 123 Å². The zero-order valence-electron chi connectivity index (χ0n) is 30.9. The number of aliphatic hydroxyl groups excluding tert-OH is 3. The maximum Gasteiger partial charge on any atom is 0.308 e. The van der Waals surface area contributed by atoms with E-state index in [4.69, 9.17) is 61.6 Å². The Kier molecular flexibility index (Phi) is 14.5. The maximum atomic E-state index is 11.8. The minimum atomic E-state index is -1.23. The Balaban J connectivity index is 1.13. The number of carbonyl (C=O) groups excluding carboxylic acids is 1. The van der Waals surface area contributed by atoms with E-state index in [2.05, 4.69) is 0 Å². The van der Waals surface area contributed by atoms with Gasteiger partial charge in [0, 0.05) is 47.7 Å². The standard InChI is InChI=1S/C34H58O17/c1-14-27(37)33(42-9)28(38)34(47-14)51-32-18(5)46-26(13-22(32)41-8)50-31-17(4)45-25(12-21(31)40-7)48-29-15(2)44-24(10-19(29)35)49-30-16(3)43-23(36)11-20(30)39-6/h14-22,24-35,37-38H,10-13H2,1-9H3/t14-,15-,16-,17-,18-,19+,20-,21+,22+,24+,25+,26+,27+,28-,29-,30-,31-,32-,33+,34+/m1/s1. The fraction of sp³-hybridized carbons (Fsp3) is 0.971. The van der Waals surface area contributed by atoms with Crippen molar-refractivity contribution in [2.45, 2.75) is 183 Å². The van der Waals surface area contributed by atoms with Crippen LogP contribution in [0.5, 0.6) is 0 Å². The van der Waals surface area contributed by atoms with E-state index in [-0.39, 0.29) is 18.8 Å². The maximum absolute atomic E-state index is 11.8. The number of hydrogen-bond donors (Lipinski definition) is 3. The molecule has 17 nitrogen and oxygen atoms in total. The molecule has 5 saturated heterocycles. The summed E-state index contributed by atoms with van der Waals surface area (Å²) in [6, 6.07) is 0. The molecule has 0 aromatic carbocycles. The first kappa shape index (κ1) is 41.0. The van der Waals surface area contributed by atoms with E-state index in [1.54, 1.807) is 35.0 Å². The summed E-state index contributed by atoms with van der Waals surface area (Å²) in [6.07, 6.45) is -13.0. The third-order valence-electron chi connectivity index (χ3n) is 10.6. The van der Waals surface area contributed by atoms with E-state index in [0.29, 0.717) is 12.8 Å². The minimum absolute atomic E-state index is 0.0702. The van der Waals surface area contributed by atoms with Crippen LogP contribution in [0.1, 0.15) is 60.3 Å². The summed E-state index contributed by atoms with van der Waals surface area (Å²) in [5, 5.41) is 32.3. The third-order valence-corrected chi connectivity index (χ3v) is 10.6. The monoisotopic (exact) mass is 738 g/mol. The van der Waals surface area contributed by atoms with Crippen LogP contribution in [-0.2, 0) is 66.4 Å². The molecule has 20 atom stereocenters. The molecule has 0 spiro atoms. The molecule has 5 aliphatic rings. The first-order valence-corrected chi connectivity index (χ1v) is 17.9. The van der Waals surface area contributed by atoms with Crippen molar-refractivity contribution >= 4 is 5.97 Å². The number of cyclic esters (lactones) is 1. The fourth-order valence-electron chi connectivity index (χ4n) is 7.72. The van der Waals surface area contributed by atoms with Gasteiger partial charge in [-0.1, -0.05) is 0 Å². The van der Waals surface area contributed by atoms with Gasteiger partial charge in [0.25, 0.3) is 0 Å². The Morgan fingerprint density at radius 3 is 1.49 bits per heavy atom. The Labute approximate surface area is 299 Å². The van der Waals surface area contributed by atoms with Crippen LogP contribution in [0.15, 0.2) is 0 Å². The summed E-state index contributed by atoms with van der Waals surface area (Å²) in [4.78, 5) is 11.8. The first-order valence-electron chi connectivity index (χ1n) is 17.9. The average molecular weight is 739 g/mol. The van der Waals surface area contributed by atoms with Crippen LogP contribution >= 0.6 is 0 Å². The van der Waals surface area contributed by atoms with Crippen molar-refractivity contribution in [1.82, 2.24) is 0 Å². The van der Waals surface area contributed by atoms with Gasteiger partial charge in [0.2, 0.25) is 0 Å². The lowest BCUT2D eigenvalue weighted by atomic mass is 9.98. The van der Waals surface area contributed by atoms with Gasteiger partial charge in [-0.2, -0.15) is 0 Å². The number of methoxy groups -OCH3 is 4. The number of ether oxygens (including phenoxy) is 13. The lowest BCUT2D eigenvalue weighted by molar-refractivity contribution is -0.356. The van der Waals surface area contributed by atoms with Crippen molar-refractivity contribution in [3.8, 4) is 0 Å². The van der Waals surface area contributed by atoms with Crippen molar-refractivity contribution in [2.75, 3.05) is 28.4 Å². The molecule has 0 aromatic rings. The predicted octanol–water partition coefficient (Wildman–Crippen LogP) is 0.155. The summed E-state index contributed by atoms with van der Waals surface area (Å²) in [5.74, 6) is -0.353. The zero-order chi connectivity index (χ0) is 37.1. The largest absolute Gasteiger partial charge is 0.460 e. The SMILES string of the molecule is CO[C@H]1[C@@H](O)[C@@H](C)O[C@@H](O[C@H]2[C@@H](OC)C[C@H](O[C@H]3[C@@H](OC)C[C@H](O[C@H]4[C@@H](O)C[C@H](O[C@@H]5[C@@H](C)OC(=O)C[C@H]5OC)O[C@@H]4C)O[C@@H]3C)O[C@@H]2C)[C@@H]1O. The van der Waals surface area contributed by atoms with Crippen LogP contribution < -0.4 is 0 Å². The van der Waals surface area contributed by atoms with Crippen LogP contribution in [0, 0.1) is 0 Å². The van der Waals surface area contributed by atoms with Gasteiger partial charge < -0.3 is 76.9 Å². The molecule has 0 aromatic heterocycles. The van der Waals surface area contributed by atoms with Crippen molar-refractivity contribution in [3.05, 3.63) is 0 Å². The second-order valence-corrected chi connectivity index (χ2v) is 14.1. The van der Waals surface area contributed by atoms with Crippen LogP contribution in [0.2, 0.25) is 0 Å². The van der Waals surface area contributed by atoms with E-state index in [1.807, 2.05) is 13.8 Å². The normalized spacial score (nSPS) is 49.8. The van der Waals surface area contributed by atoms with E-state index in [9.17, 15) is 20.1 Å². The van der Waals surface area contributed by atoms with Gasteiger partial charge in [-0.05, 0) is 34.6 Å². The molecule has 5 rings (SSSR count). The highest BCUT2D eigenvalue weighted by molar-refractivity contribution is 5.71. The molecule has 0 aliphatic carbocycles.